The normalized spacial score (nSPS) is 21.7. The molecule has 0 aliphatic carbocycles. The van der Waals surface area contributed by atoms with Crippen LogP contribution in [0.15, 0.2) is 12.3 Å². The lowest BCUT2D eigenvalue weighted by molar-refractivity contribution is 0.119. The van der Waals surface area contributed by atoms with Gasteiger partial charge in [0, 0.05) is 30.9 Å². The predicted octanol–water partition coefficient (Wildman–Crippen LogP) is 1.55. The van der Waals surface area contributed by atoms with E-state index in [0.29, 0.717) is 0 Å². The maximum absolute atomic E-state index is 4.10. The Morgan fingerprint density at radius 1 is 1.25 bits per heavy atom. The quantitative estimate of drug-likeness (QED) is 0.541. The summed E-state index contributed by atoms with van der Waals surface area (Å²) < 4.78 is 0. The number of piperazine rings is 1. The number of hydrogen-bond donors (Lipinski definition) is 0. The zero-order chi connectivity index (χ0) is 9.35. The summed E-state index contributed by atoms with van der Waals surface area (Å²) in [5.74, 6) is 0. The van der Waals surface area contributed by atoms with Gasteiger partial charge in [-0.3, -0.25) is 4.90 Å². The average Bonchev–Trinajstić information content (AvgIpc) is 1.83. The first-order valence-corrected chi connectivity index (χ1v) is 4.55. The summed E-state index contributed by atoms with van der Waals surface area (Å²) in [6.45, 7) is 14.1. The molecule has 12 heavy (non-hydrogen) atoms. The first kappa shape index (κ1) is 9.59. The van der Waals surface area contributed by atoms with Gasteiger partial charge in [0.15, 0.2) is 0 Å². The van der Waals surface area contributed by atoms with Crippen molar-refractivity contribution < 1.29 is 0 Å². The van der Waals surface area contributed by atoms with E-state index in [4.69, 9.17) is 0 Å². The molecule has 1 fully saturated rings. The van der Waals surface area contributed by atoms with Crippen LogP contribution in [0.5, 0.6) is 0 Å². The SMILES string of the molecule is C=C1CN(C)CCN1C(C)(C)C. The second-order valence-corrected chi connectivity index (χ2v) is 4.63. The summed E-state index contributed by atoms with van der Waals surface area (Å²) in [5, 5.41) is 0. The van der Waals surface area contributed by atoms with E-state index < -0.39 is 0 Å². The van der Waals surface area contributed by atoms with Crippen LogP contribution >= 0.6 is 0 Å². The van der Waals surface area contributed by atoms with Gasteiger partial charge in [-0.05, 0) is 27.8 Å². The number of hydrogen-bond acceptors (Lipinski definition) is 2. The van der Waals surface area contributed by atoms with Crippen LogP contribution in [0.3, 0.4) is 0 Å². The topological polar surface area (TPSA) is 6.48 Å². The van der Waals surface area contributed by atoms with Crippen molar-refractivity contribution in [1.82, 2.24) is 9.80 Å². The molecule has 1 aliphatic heterocycles. The van der Waals surface area contributed by atoms with Crippen LogP contribution in [0, 0.1) is 0 Å². The van der Waals surface area contributed by atoms with Crippen LogP contribution in [0.2, 0.25) is 0 Å². The molecule has 1 saturated heterocycles. The minimum Gasteiger partial charge on any atom is -0.368 e. The van der Waals surface area contributed by atoms with E-state index >= 15 is 0 Å². The molecule has 2 nitrogen and oxygen atoms in total. The average molecular weight is 168 g/mol. The van der Waals surface area contributed by atoms with E-state index in [1.807, 2.05) is 0 Å². The summed E-state index contributed by atoms with van der Waals surface area (Å²) in [6, 6.07) is 0. The lowest BCUT2D eigenvalue weighted by atomic mass is 10.0. The van der Waals surface area contributed by atoms with E-state index in [9.17, 15) is 0 Å². The third-order valence-corrected chi connectivity index (χ3v) is 2.35. The molecule has 0 aromatic carbocycles. The Bertz CT molecular complexity index is 179. The molecular weight excluding hydrogens is 148 g/mol. The van der Waals surface area contributed by atoms with Crippen LogP contribution in [0.4, 0.5) is 0 Å². The summed E-state index contributed by atoms with van der Waals surface area (Å²) in [6.07, 6.45) is 0. The molecule has 70 valence electrons. The van der Waals surface area contributed by atoms with E-state index in [0.717, 1.165) is 19.6 Å². The Labute approximate surface area is 75.8 Å². The van der Waals surface area contributed by atoms with Crippen molar-refractivity contribution >= 4 is 0 Å². The zero-order valence-electron chi connectivity index (χ0n) is 8.72. The third kappa shape index (κ3) is 2.01. The molecule has 0 amide bonds. The van der Waals surface area contributed by atoms with Gasteiger partial charge in [-0.25, -0.2) is 0 Å². The molecule has 2 heteroatoms. The van der Waals surface area contributed by atoms with Crippen molar-refractivity contribution in [2.45, 2.75) is 26.3 Å². The van der Waals surface area contributed by atoms with Crippen molar-refractivity contribution in [3.63, 3.8) is 0 Å². The largest absolute Gasteiger partial charge is 0.368 e. The fourth-order valence-corrected chi connectivity index (χ4v) is 1.71. The first-order valence-electron chi connectivity index (χ1n) is 4.55. The molecule has 1 heterocycles. The Morgan fingerprint density at radius 2 is 1.83 bits per heavy atom. The smallest absolute Gasteiger partial charge is 0.0375 e. The van der Waals surface area contributed by atoms with Gasteiger partial charge in [0.25, 0.3) is 0 Å². The lowest BCUT2D eigenvalue weighted by Gasteiger charge is -2.44. The molecule has 0 saturated carbocycles. The van der Waals surface area contributed by atoms with Gasteiger partial charge in [0.1, 0.15) is 0 Å². The molecule has 0 radical (unpaired) electrons. The van der Waals surface area contributed by atoms with Crippen molar-refractivity contribution in [2.75, 3.05) is 26.7 Å². The number of rotatable bonds is 0. The van der Waals surface area contributed by atoms with Gasteiger partial charge in [-0.1, -0.05) is 6.58 Å². The monoisotopic (exact) mass is 168 g/mol. The van der Waals surface area contributed by atoms with Crippen molar-refractivity contribution in [1.29, 1.82) is 0 Å². The molecule has 0 atom stereocenters. The van der Waals surface area contributed by atoms with Crippen LogP contribution in [0.1, 0.15) is 20.8 Å². The summed E-state index contributed by atoms with van der Waals surface area (Å²) >= 11 is 0. The van der Waals surface area contributed by atoms with Crippen molar-refractivity contribution in [2.24, 2.45) is 0 Å². The van der Waals surface area contributed by atoms with E-state index in [-0.39, 0.29) is 5.54 Å². The number of likely N-dealkylation sites (N-methyl/N-ethyl adjacent to an activating group) is 1. The van der Waals surface area contributed by atoms with Gasteiger partial charge in [-0.2, -0.15) is 0 Å². The van der Waals surface area contributed by atoms with Gasteiger partial charge in [0.05, 0.1) is 0 Å². The van der Waals surface area contributed by atoms with Gasteiger partial charge < -0.3 is 4.90 Å². The fourth-order valence-electron chi connectivity index (χ4n) is 1.71. The maximum atomic E-state index is 4.10. The number of nitrogens with zero attached hydrogens (tertiary/aromatic N) is 2. The van der Waals surface area contributed by atoms with Crippen molar-refractivity contribution in [3.8, 4) is 0 Å². The standard InChI is InChI=1S/C10H20N2/c1-9-8-11(5)6-7-12(9)10(2,3)4/h1,6-8H2,2-5H3. The highest BCUT2D eigenvalue weighted by Crippen LogP contribution is 2.21. The maximum Gasteiger partial charge on any atom is 0.0375 e. The minimum atomic E-state index is 0.234. The predicted molar refractivity (Wildman–Crippen MR) is 53.1 cm³/mol. The van der Waals surface area contributed by atoms with Gasteiger partial charge in [-0.15, -0.1) is 0 Å². The van der Waals surface area contributed by atoms with E-state index in [1.165, 1.54) is 5.70 Å². The molecule has 0 aromatic rings. The Hall–Kier alpha value is -0.500. The van der Waals surface area contributed by atoms with Gasteiger partial charge in [0.2, 0.25) is 0 Å². The second kappa shape index (κ2) is 3.09. The molecule has 1 rings (SSSR count). The molecular formula is C10H20N2. The Balaban J connectivity index is 2.63. The van der Waals surface area contributed by atoms with Crippen molar-refractivity contribution in [3.05, 3.63) is 12.3 Å². The molecule has 0 N–H and O–H groups in total. The van der Waals surface area contributed by atoms with E-state index in [1.54, 1.807) is 0 Å². The molecule has 0 spiro atoms. The zero-order valence-corrected chi connectivity index (χ0v) is 8.72. The second-order valence-electron chi connectivity index (χ2n) is 4.63. The molecule has 0 unspecified atom stereocenters. The summed E-state index contributed by atoms with van der Waals surface area (Å²) in [5.41, 5.74) is 1.48. The minimum absolute atomic E-state index is 0.234. The molecule has 0 aromatic heterocycles. The van der Waals surface area contributed by atoms with E-state index in [2.05, 4.69) is 44.2 Å². The van der Waals surface area contributed by atoms with Crippen LogP contribution in [0.25, 0.3) is 0 Å². The third-order valence-electron chi connectivity index (χ3n) is 2.35. The molecule has 0 bridgehead atoms. The highest BCUT2D eigenvalue weighted by molar-refractivity contribution is 5.04. The molecule has 1 aliphatic rings. The lowest BCUT2D eigenvalue weighted by Crippen LogP contribution is -2.50. The Morgan fingerprint density at radius 3 is 2.25 bits per heavy atom. The summed E-state index contributed by atoms with van der Waals surface area (Å²) in [7, 11) is 2.14. The fraction of sp³-hybridized carbons (Fsp3) is 0.800. The van der Waals surface area contributed by atoms with Crippen LogP contribution < -0.4 is 0 Å². The van der Waals surface area contributed by atoms with Crippen LogP contribution in [-0.2, 0) is 0 Å². The summed E-state index contributed by atoms with van der Waals surface area (Å²) in [4.78, 5) is 4.71. The highest BCUT2D eigenvalue weighted by Gasteiger charge is 2.26. The van der Waals surface area contributed by atoms with Gasteiger partial charge >= 0.3 is 0 Å². The highest BCUT2D eigenvalue weighted by atomic mass is 15.3. The Kier molecular flexibility index (Phi) is 2.47. The first-order chi connectivity index (χ1) is 5.41. The van der Waals surface area contributed by atoms with Crippen LogP contribution in [-0.4, -0.2) is 42.0 Å².